The molecule has 0 aliphatic carbocycles. The van der Waals surface area contributed by atoms with Crippen molar-refractivity contribution in [2.24, 2.45) is 0 Å². The molecule has 148 valence electrons. The zero-order valence-electron chi connectivity index (χ0n) is 17.8. The van der Waals surface area contributed by atoms with Crippen molar-refractivity contribution in [3.8, 4) is 0 Å². The number of esters is 1. The van der Waals surface area contributed by atoms with Crippen LogP contribution in [0.2, 0.25) is 0 Å². The molecule has 5 nitrogen and oxygen atoms in total. The molecule has 1 saturated heterocycles. The van der Waals surface area contributed by atoms with Gasteiger partial charge in [0.2, 0.25) is 0 Å². The van der Waals surface area contributed by atoms with Crippen molar-refractivity contribution >= 4 is 19.2 Å². The van der Waals surface area contributed by atoms with E-state index < -0.39 is 12.7 Å². The lowest BCUT2D eigenvalue weighted by Crippen LogP contribution is -2.41. The molecule has 1 fully saturated rings. The highest BCUT2D eigenvalue weighted by molar-refractivity contribution is 6.55. The van der Waals surface area contributed by atoms with E-state index in [4.69, 9.17) is 14.0 Å². The normalized spacial score (nSPS) is 19.3. The molecule has 0 spiro atoms. The van der Waals surface area contributed by atoms with Gasteiger partial charge in [-0.25, -0.2) is 4.79 Å². The number of hydrogen-bond acceptors (Lipinski definition) is 5. The summed E-state index contributed by atoms with van der Waals surface area (Å²) in [6.45, 7) is 14.4. The van der Waals surface area contributed by atoms with E-state index in [0.717, 1.165) is 11.0 Å². The summed E-state index contributed by atoms with van der Waals surface area (Å²) in [5.41, 5.74) is 1.24. The Kier molecular flexibility index (Phi) is 6.24. The fraction of sp³-hybridized carbons (Fsp3) is 0.571. The third kappa shape index (κ3) is 5.44. The summed E-state index contributed by atoms with van der Waals surface area (Å²) in [5.74, 6) is -0.320. The number of benzene rings is 1. The second kappa shape index (κ2) is 7.78. The standard InChI is InChI=1S/C21H32BNO4/c1-19(2,3)25-18(24)16-11-9-15(10-12-16)13-17(14-23-8)22-26-20(4,5)21(6,7)27-22/h9-13,23H,14H2,1-8H3. The smallest absolute Gasteiger partial charge is 0.456 e. The second-order valence-electron chi connectivity index (χ2n) is 8.96. The number of carbonyl (C=O) groups excluding carboxylic acids is 1. The maximum absolute atomic E-state index is 12.2. The molecule has 0 atom stereocenters. The highest BCUT2D eigenvalue weighted by atomic mass is 16.7. The molecule has 6 heteroatoms. The van der Waals surface area contributed by atoms with Gasteiger partial charge in [-0.15, -0.1) is 0 Å². The number of ether oxygens (including phenoxy) is 1. The lowest BCUT2D eigenvalue weighted by Gasteiger charge is -2.32. The number of rotatable bonds is 5. The Balaban J connectivity index is 2.20. The van der Waals surface area contributed by atoms with Crippen molar-refractivity contribution in [1.82, 2.24) is 5.32 Å². The Hall–Kier alpha value is -1.63. The van der Waals surface area contributed by atoms with Crippen LogP contribution in [0.5, 0.6) is 0 Å². The Morgan fingerprint density at radius 1 is 1.11 bits per heavy atom. The van der Waals surface area contributed by atoms with Gasteiger partial charge in [-0.1, -0.05) is 18.2 Å². The first-order valence-electron chi connectivity index (χ1n) is 9.39. The molecule has 27 heavy (non-hydrogen) atoms. The van der Waals surface area contributed by atoms with E-state index in [1.54, 1.807) is 12.1 Å². The minimum Gasteiger partial charge on any atom is -0.456 e. The molecular weight excluding hydrogens is 341 g/mol. The molecule has 1 aromatic rings. The SMILES string of the molecule is CNCC(=Cc1ccc(C(=O)OC(C)(C)C)cc1)B1OC(C)(C)C(C)(C)O1. The second-order valence-corrected chi connectivity index (χ2v) is 8.96. The average Bonchev–Trinajstić information content (AvgIpc) is 2.74. The molecule has 1 aliphatic heterocycles. The van der Waals surface area contributed by atoms with E-state index in [9.17, 15) is 4.79 Å². The van der Waals surface area contributed by atoms with Crippen LogP contribution in [0.25, 0.3) is 6.08 Å². The first kappa shape index (κ1) is 21.7. The minimum atomic E-state index is -0.508. The maximum atomic E-state index is 12.2. The van der Waals surface area contributed by atoms with Gasteiger partial charge in [0.1, 0.15) is 5.60 Å². The van der Waals surface area contributed by atoms with Gasteiger partial charge in [-0.2, -0.15) is 0 Å². The van der Waals surface area contributed by atoms with Gasteiger partial charge in [0, 0.05) is 6.54 Å². The highest BCUT2D eigenvalue weighted by Gasteiger charge is 2.52. The first-order valence-corrected chi connectivity index (χ1v) is 9.39. The number of carbonyl (C=O) groups is 1. The van der Waals surface area contributed by atoms with Gasteiger partial charge in [-0.05, 0) is 78.7 Å². The molecule has 1 N–H and O–H groups in total. The molecular formula is C21H32BNO4. The van der Waals surface area contributed by atoms with Crippen molar-refractivity contribution in [1.29, 1.82) is 0 Å². The van der Waals surface area contributed by atoms with Crippen molar-refractivity contribution < 1.29 is 18.8 Å². The van der Waals surface area contributed by atoms with E-state index in [-0.39, 0.29) is 17.2 Å². The predicted molar refractivity (Wildman–Crippen MR) is 110 cm³/mol. The van der Waals surface area contributed by atoms with Crippen molar-refractivity contribution in [2.45, 2.75) is 65.3 Å². The lowest BCUT2D eigenvalue weighted by molar-refractivity contribution is 0.00578. The minimum absolute atomic E-state index is 0.320. The van der Waals surface area contributed by atoms with Crippen LogP contribution >= 0.6 is 0 Å². The van der Waals surface area contributed by atoms with Crippen LogP contribution in [0.4, 0.5) is 0 Å². The van der Waals surface area contributed by atoms with Crippen LogP contribution in [0.15, 0.2) is 29.7 Å². The average molecular weight is 373 g/mol. The van der Waals surface area contributed by atoms with Crippen LogP contribution in [0.1, 0.15) is 64.4 Å². The summed E-state index contributed by atoms with van der Waals surface area (Å²) in [7, 11) is 1.48. The molecule has 0 aromatic heterocycles. The summed E-state index contributed by atoms with van der Waals surface area (Å²) in [6, 6.07) is 7.36. The van der Waals surface area contributed by atoms with E-state index >= 15 is 0 Å². The first-order chi connectivity index (χ1) is 12.3. The molecule has 0 amide bonds. The zero-order valence-corrected chi connectivity index (χ0v) is 17.8. The van der Waals surface area contributed by atoms with Gasteiger partial charge in [0.05, 0.1) is 16.8 Å². The van der Waals surface area contributed by atoms with Crippen LogP contribution in [0, 0.1) is 0 Å². The molecule has 0 saturated carbocycles. The van der Waals surface area contributed by atoms with Crippen molar-refractivity contribution in [3.63, 3.8) is 0 Å². The molecule has 0 radical (unpaired) electrons. The predicted octanol–water partition coefficient (Wildman–Crippen LogP) is 3.88. The largest absolute Gasteiger partial charge is 0.491 e. The van der Waals surface area contributed by atoms with Gasteiger partial charge >= 0.3 is 13.1 Å². The Morgan fingerprint density at radius 2 is 1.63 bits per heavy atom. The molecule has 0 unspecified atom stereocenters. The van der Waals surface area contributed by atoms with E-state index in [2.05, 4.69) is 5.32 Å². The molecule has 1 aliphatic rings. The Bertz CT molecular complexity index is 686. The molecule has 0 bridgehead atoms. The summed E-state index contributed by atoms with van der Waals surface area (Å²) < 4.78 is 17.7. The summed E-state index contributed by atoms with van der Waals surface area (Å²) >= 11 is 0. The fourth-order valence-corrected chi connectivity index (χ4v) is 2.67. The lowest BCUT2D eigenvalue weighted by atomic mass is 9.77. The topological polar surface area (TPSA) is 56.8 Å². The molecule has 1 aromatic carbocycles. The van der Waals surface area contributed by atoms with Crippen LogP contribution < -0.4 is 5.32 Å². The molecule has 2 rings (SSSR count). The van der Waals surface area contributed by atoms with Gasteiger partial charge in [0.25, 0.3) is 0 Å². The maximum Gasteiger partial charge on any atom is 0.491 e. The van der Waals surface area contributed by atoms with Gasteiger partial charge < -0.3 is 19.4 Å². The van der Waals surface area contributed by atoms with E-state index in [1.807, 2.05) is 73.7 Å². The monoisotopic (exact) mass is 373 g/mol. The Labute approximate surface area is 163 Å². The van der Waals surface area contributed by atoms with Crippen LogP contribution in [-0.2, 0) is 14.0 Å². The fourth-order valence-electron chi connectivity index (χ4n) is 2.67. The summed E-state index contributed by atoms with van der Waals surface area (Å²) in [5, 5.41) is 3.17. The van der Waals surface area contributed by atoms with Gasteiger partial charge in [-0.3, -0.25) is 0 Å². The summed E-state index contributed by atoms with van der Waals surface area (Å²) in [6.07, 6.45) is 2.04. The van der Waals surface area contributed by atoms with E-state index in [1.165, 1.54) is 0 Å². The van der Waals surface area contributed by atoms with E-state index in [0.29, 0.717) is 12.1 Å². The van der Waals surface area contributed by atoms with Gasteiger partial charge in [0.15, 0.2) is 0 Å². The summed E-state index contributed by atoms with van der Waals surface area (Å²) in [4.78, 5) is 12.2. The third-order valence-electron chi connectivity index (χ3n) is 4.83. The number of nitrogens with one attached hydrogen (secondary N) is 1. The number of likely N-dealkylation sites (N-methyl/N-ethyl adjacent to an activating group) is 1. The van der Waals surface area contributed by atoms with Crippen LogP contribution in [-0.4, -0.2) is 43.5 Å². The van der Waals surface area contributed by atoms with Crippen LogP contribution in [0.3, 0.4) is 0 Å². The number of hydrogen-bond donors (Lipinski definition) is 1. The van der Waals surface area contributed by atoms with Crippen molar-refractivity contribution in [2.75, 3.05) is 13.6 Å². The van der Waals surface area contributed by atoms with Crippen molar-refractivity contribution in [3.05, 3.63) is 40.9 Å². The quantitative estimate of drug-likeness (QED) is 0.627. The zero-order chi connectivity index (χ0) is 20.5. The third-order valence-corrected chi connectivity index (χ3v) is 4.83. The highest BCUT2D eigenvalue weighted by Crippen LogP contribution is 2.38. The Morgan fingerprint density at radius 3 is 2.07 bits per heavy atom. The molecule has 1 heterocycles.